The van der Waals surface area contributed by atoms with Gasteiger partial charge in [-0.15, -0.1) is 0 Å². The van der Waals surface area contributed by atoms with Crippen LogP contribution in [0.3, 0.4) is 0 Å². The standard InChI is InChI=1S/C46H28N4O/c1-2-7-29(8-3-1)31-14-17-45-39(25-31)40-26-34(15-18-46(40)51-45)49-41-12-5-4-11-35(41)38-24-32(13-16-42(38)49)30-9-6-10-33(23-30)50-43-27-47-21-19-36(43)37-20-22-48-28-44(37)50/h1-28H. The third-order valence-corrected chi connectivity index (χ3v) is 10.3. The molecule has 0 unspecified atom stereocenters. The van der Waals surface area contributed by atoms with Gasteiger partial charge in [-0.05, 0) is 95.1 Å². The van der Waals surface area contributed by atoms with Crippen molar-refractivity contribution < 1.29 is 4.42 Å². The Morgan fingerprint density at radius 2 is 0.922 bits per heavy atom. The van der Waals surface area contributed by atoms with Gasteiger partial charge in [0.05, 0.1) is 34.5 Å². The molecular formula is C46H28N4O. The Morgan fingerprint density at radius 3 is 1.75 bits per heavy atom. The highest BCUT2D eigenvalue weighted by Gasteiger charge is 2.17. The molecule has 0 bridgehead atoms. The zero-order valence-corrected chi connectivity index (χ0v) is 27.4. The van der Waals surface area contributed by atoms with Crippen LogP contribution in [0.1, 0.15) is 0 Å². The monoisotopic (exact) mass is 652 g/mol. The van der Waals surface area contributed by atoms with Crippen LogP contribution in [0.5, 0.6) is 0 Å². The second-order valence-electron chi connectivity index (χ2n) is 13.1. The van der Waals surface area contributed by atoms with Gasteiger partial charge in [0, 0.05) is 56.1 Å². The van der Waals surface area contributed by atoms with Gasteiger partial charge in [0.25, 0.3) is 0 Å². The maximum absolute atomic E-state index is 6.32. The Bertz CT molecular complexity index is 3090. The topological polar surface area (TPSA) is 48.8 Å². The molecule has 6 aromatic carbocycles. The van der Waals surface area contributed by atoms with Crippen LogP contribution >= 0.6 is 0 Å². The van der Waals surface area contributed by atoms with Crippen molar-refractivity contribution in [2.24, 2.45) is 0 Å². The first-order valence-corrected chi connectivity index (χ1v) is 17.1. The van der Waals surface area contributed by atoms with E-state index < -0.39 is 0 Å². The van der Waals surface area contributed by atoms with Crippen LogP contribution in [0, 0.1) is 0 Å². The van der Waals surface area contributed by atoms with Crippen molar-refractivity contribution in [2.45, 2.75) is 0 Å². The number of fused-ring (bicyclic) bond motifs is 9. The summed E-state index contributed by atoms with van der Waals surface area (Å²) in [5.74, 6) is 0. The fraction of sp³-hybridized carbons (Fsp3) is 0. The van der Waals surface area contributed by atoms with Gasteiger partial charge in [0.2, 0.25) is 0 Å². The number of hydrogen-bond acceptors (Lipinski definition) is 3. The van der Waals surface area contributed by atoms with Gasteiger partial charge in [0.15, 0.2) is 0 Å². The fourth-order valence-electron chi connectivity index (χ4n) is 7.96. The summed E-state index contributed by atoms with van der Waals surface area (Å²) in [6.07, 6.45) is 7.58. The Hall–Kier alpha value is -6.98. The molecule has 11 aromatic rings. The molecule has 0 spiro atoms. The average molecular weight is 653 g/mol. The molecule has 0 atom stereocenters. The first-order chi connectivity index (χ1) is 25.3. The summed E-state index contributed by atoms with van der Waals surface area (Å²) in [5, 5.41) is 6.98. The van der Waals surface area contributed by atoms with E-state index >= 15 is 0 Å². The van der Waals surface area contributed by atoms with E-state index in [1.54, 1.807) is 0 Å². The number of nitrogens with zero attached hydrogens (tertiary/aromatic N) is 4. The van der Waals surface area contributed by atoms with Gasteiger partial charge in [-0.1, -0.05) is 72.8 Å². The first-order valence-electron chi connectivity index (χ1n) is 17.1. The zero-order chi connectivity index (χ0) is 33.5. The van der Waals surface area contributed by atoms with E-state index in [0.717, 1.165) is 61.0 Å². The summed E-state index contributed by atoms with van der Waals surface area (Å²) in [4.78, 5) is 8.92. The molecule has 5 aromatic heterocycles. The van der Waals surface area contributed by atoms with Crippen LogP contribution in [-0.4, -0.2) is 19.1 Å². The van der Waals surface area contributed by atoms with Crippen molar-refractivity contribution in [3.63, 3.8) is 0 Å². The molecule has 0 aliphatic rings. The molecule has 0 N–H and O–H groups in total. The van der Waals surface area contributed by atoms with E-state index in [1.165, 1.54) is 38.2 Å². The van der Waals surface area contributed by atoms with Crippen molar-refractivity contribution in [3.8, 4) is 33.6 Å². The molecule has 0 amide bonds. The van der Waals surface area contributed by atoms with Crippen LogP contribution in [-0.2, 0) is 0 Å². The van der Waals surface area contributed by atoms with E-state index in [0.29, 0.717) is 0 Å². The normalized spacial score (nSPS) is 11.9. The second kappa shape index (κ2) is 10.8. The molecule has 11 rings (SSSR count). The van der Waals surface area contributed by atoms with E-state index in [4.69, 9.17) is 4.42 Å². The third kappa shape index (κ3) is 4.22. The van der Waals surface area contributed by atoms with Crippen molar-refractivity contribution in [2.75, 3.05) is 0 Å². The minimum Gasteiger partial charge on any atom is -0.456 e. The van der Waals surface area contributed by atoms with Crippen LogP contribution < -0.4 is 0 Å². The molecule has 0 radical (unpaired) electrons. The molecular weight excluding hydrogens is 625 g/mol. The predicted molar refractivity (Wildman–Crippen MR) is 209 cm³/mol. The lowest BCUT2D eigenvalue weighted by Crippen LogP contribution is -1.95. The Kier molecular flexibility index (Phi) is 5.89. The molecule has 0 aliphatic carbocycles. The number of para-hydroxylation sites is 1. The van der Waals surface area contributed by atoms with E-state index in [9.17, 15) is 0 Å². The minimum atomic E-state index is 0.886. The zero-order valence-electron chi connectivity index (χ0n) is 27.4. The van der Waals surface area contributed by atoms with Crippen molar-refractivity contribution in [1.82, 2.24) is 19.1 Å². The smallest absolute Gasteiger partial charge is 0.135 e. The Labute approximate surface area is 292 Å². The quantitative estimate of drug-likeness (QED) is 0.190. The predicted octanol–water partition coefficient (Wildman–Crippen LogP) is 11.9. The molecule has 51 heavy (non-hydrogen) atoms. The summed E-state index contributed by atoms with van der Waals surface area (Å²) in [7, 11) is 0. The molecule has 0 saturated heterocycles. The first kappa shape index (κ1) is 27.9. The maximum atomic E-state index is 6.32. The van der Waals surface area contributed by atoms with Gasteiger partial charge >= 0.3 is 0 Å². The summed E-state index contributed by atoms with van der Waals surface area (Å²) >= 11 is 0. The highest BCUT2D eigenvalue weighted by atomic mass is 16.3. The highest BCUT2D eigenvalue weighted by Crippen LogP contribution is 2.39. The molecule has 5 nitrogen and oxygen atoms in total. The fourth-order valence-corrected chi connectivity index (χ4v) is 7.96. The third-order valence-electron chi connectivity index (χ3n) is 10.3. The molecule has 5 heterocycles. The van der Waals surface area contributed by atoms with E-state index in [2.05, 4.69) is 165 Å². The lowest BCUT2D eigenvalue weighted by Gasteiger charge is -2.11. The van der Waals surface area contributed by atoms with Crippen molar-refractivity contribution in [3.05, 3.63) is 170 Å². The number of aromatic nitrogens is 4. The van der Waals surface area contributed by atoms with Gasteiger partial charge in [-0.25, -0.2) is 0 Å². The van der Waals surface area contributed by atoms with E-state index in [-0.39, 0.29) is 0 Å². The van der Waals surface area contributed by atoms with Gasteiger partial charge < -0.3 is 13.6 Å². The average Bonchev–Trinajstić information content (AvgIpc) is 3.85. The van der Waals surface area contributed by atoms with Gasteiger partial charge in [-0.3, -0.25) is 9.97 Å². The maximum Gasteiger partial charge on any atom is 0.135 e. The van der Waals surface area contributed by atoms with Gasteiger partial charge in [-0.2, -0.15) is 0 Å². The molecule has 0 aliphatic heterocycles. The summed E-state index contributed by atoms with van der Waals surface area (Å²) in [6, 6.07) is 52.0. The summed E-state index contributed by atoms with van der Waals surface area (Å²) in [6.45, 7) is 0. The van der Waals surface area contributed by atoms with Crippen LogP contribution in [0.2, 0.25) is 0 Å². The lowest BCUT2D eigenvalue weighted by molar-refractivity contribution is 0.669. The minimum absolute atomic E-state index is 0.886. The Balaban J connectivity index is 1.07. The lowest BCUT2D eigenvalue weighted by atomic mass is 10.0. The SMILES string of the molecule is c1ccc(-c2ccc3oc4ccc(-n5c6ccccc6c6cc(-c7cccc(-n8c9cnccc9c9ccncc98)c7)ccc65)cc4c3c2)cc1. The molecule has 0 fully saturated rings. The van der Waals surface area contributed by atoms with Crippen LogP contribution in [0.15, 0.2) is 175 Å². The molecule has 5 heteroatoms. The van der Waals surface area contributed by atoms with Crippen molar-refractivity contribution in [1.29, 1.82) is 0 Å². The number of pyridine rings is 2. The summed E-state index contributed by atoms with van der Waals surface area (Å²) in [5.41, 5.74) is 13.1. The largest absolute Gasteiger partial charge is 0.456 e. The number of furan rings is 1. The van der Waals surface area contributed by atoms with Crippen LogP contribution in [0.4, 0.5) is 0 Å². The number of hydrogen-bond donors (Lipinski definition) is 0. The second-order valence-corrected chi connectivity index (χ2v) is 13.1. The van der Waals surface area contributed by atoms with E-state index in [1.807, 2.05) is 24.8 Å². The van der Waals surface area contributed by atoms with Crippen molar-refractivity contribution >= 4 is 65.6 Å². The summed E-state index contributed by atoms with van der Waals surface area (Å²) < 4.78 is 11.0. The Morgan fingerprint density at radius 1 is 0.353 bits per heavy atom. The number of benzene rings is 6. The van der Waals surface area contributed by atoms with Crippen LogP contribution in [0.25, 0.3) is 99.2 Å². The highest BCUT2D eigenvalue weighted by molar-refractivity contribution is 6.12. The molecule has 0 saturated carbocycles. The van der Waals surface area contributed by atoms with Gasteiger partial charge in [0.1, 0.15) is 11.2 Å². The number of rotatable bonds is 4. The molecule has 238 valence electrons.